The summed E-state index contributed by atoms with van der Waals surface area (Å²) >= 11 is 6.01. The van der Waals surface area contributed by atoms with E-state index in [4.69, 9.17) is 21.4 Å². The Morgan fingerprint density at radius 1 is 1.25 bits per heavy atom. The van der Waals surface area contributed by atoms with Crippen LogP contribution in [-0.2, 0) is 0 Å². The monoisotopic (exact) mass is 235 g/mol. The minimum atomic E-state index is 0.142. The maximum atomic E-state index is 9.13. The zero-order chi connectivity index (χ0) is 11.5. The molecule has 1 N–H and O–H groups in total. The zero-order valence-electron chi connectivity index (χ0n) is 8.64. The van der Waals surface area contributed by atoms with Crippen LogP contribution in [0.5, 0.6) is 11.5 Å². The Morgan fingerprint density at radius 2 is 2.06 bits per heavy atom. The fraction of sp³-hybridized carbons (Fsp3) is 0.0833. The molecule has 3 nitrogen and oxygen atoms in total. The predicted octanol–water partition coefficient (Wildman–Crippen LogP) is 3.12. The fourth-order valence-electron chi connectivity index (χ4n) is 1.38. The van der Waals surface area contributed by atoms with Crippen molar-refractivity contribution in [3.05, 3.63) is 41.6 Å². The van der Waals surface area contributed by atoms with Crippen LogP contribution < -0.4 is 4.74 Å². The van der Waals surface area contributed by atoms with Gasteiger partial charge in [0.05, 0.1) is 24.0 Å². The third-order valence-corrected chi connectivity index (χ3v) is 2.49. The van der Waals surface area contributed by atoms with E-state index in [0.29, 0.717) is 10.8 Å². The maximum absolute atomic E-state index is 9.13. The number of nitrogens with zero attached hydrogens (tertiary/aromatic N) is 1. The highest BCUT2D eigenvalue weighted by Crippen LogP contribution is 2.29. The number of hydrogen-bond acceptors (Lipinski definition) is 3. The summed E-state index contributed by atoms with van der Waals surface area (Å²) in [6.07, 6.45) is 1.40. The number of aromatic hydroxyl groups is 1. The highest BCUT2D eigenvalue weighted by molar-refractivity contribution is 6.32. The van der Waals surface area contributed by atoms with Crippen LogP contribution in [0, 0.1) is 0 Å². The number of hydrogen-bond donors (Lipinski definition) is 1. The van der Waals surface area contributed by atoms with Gasteiger partial charge in [-0.2, -0.15) is 0 Å². The summed E-state index contributed by atoms with van der Waals surface area (Å²) in [5.74, 6) is 0.771. The van der Waals surface area contributed by atoms with E-state index in [2.05, 4.69) is 4.98 Å². The van der Waals surface area contributed by atoms with Crippen molar-refractivity contribution in [2.45, 2.75) is 0 Å². The maximum Gasteiger partial charge on any atom is 0.137 e. The van der Waals surface area contributed by atoms with Crippen LogP contribution in [0.25, 0.3) is 11.3 Å². The molecule has 2 rings (SSSR count). The normalized spacial score (nSPS) is 10.1. The smallest absolute Gasteiger partial charge is 0.137 e. The molecule has 0 saturated carbocycles. The standard InChI is InChI=1S/C12H10ClNO2/c1-16-12-5-2-8(6-10(12)13)11-4-3-9(15)7-14-11/h2-7,15H,1H3. The Morgan fingerprint density at radius 3 is 2.62 bits per heavy atom. The van der Waals surface area contributed by atoms with Crippen LogP contribution >= 0.6 is 11.6 Å². The molecule has 0 spiro atoms. The van der Waals surface area contributed by atoms with Crippen LogP contribution in [0.4, 0.5) is 0 Å². The molecule has 1 heterocycles. The zero-order valence-corrected chi connectivity index (χ0v) is 9.40. The third kappa shape index (κ3) is 2.09. The summed E-state index contributed by atoms with van der Waals surface area (Å²) in [6.45, 7) is 0. The molecule has 0 bridgehead atoms. The predicted molar refractivity (Wildman–Crippen MR) is 62.9 cm³/mol. The van der Waals surface area contributed by atoms with Crippen molar-refractivity contribution in [3.63, 3.8) is 0 Å². The molecule has 2 aromatic rings. The Labute approximate surface area is 98.3 Å². The van der Waals surface area contributed by atoms with E-state index in [1.54, 1.807) is 31.4 Å². The van der Waals surface area contributed by atoms with E-state index in [1.807, 2.05) is 6.07 Å². The molecule has 0 saturated heterocycles. The second kappa shape index (κ2) is 4.41. The average Bonchev–Trinajstić information content (AvgIpc) is 2.30. The molecule has 0 unspecified atom stereocenters. The molecule has 0 aliphatic rings. The molecule has 82 valence electrons. The summed E-state index contributed by atoms with van der Waals surface area (Å²) in [7, 11) is 1.57. The van der Waals surface area contributed by atoms with E-state index < -0.39 is 0 Å². The lowest BCUT2D eigenvalue weighted by Crippen LogP contribution is -1.86. The Kier molecular flexibility index (Phi) is 2.97. The lowest BCUT2D eigenvalue weighted by atomic mass is 10.1. The number of ether oxygens (including phenoxy) is 1. The average molecular weight is 236 g/mol. The van der Waals surface area contributed by atoms with Crippen LogP contribution in [0.15, 0.2) is 36.5 Å². The van der Waals surface area contributed by atoms with E-state index >= 15 is 0 Å². The van der Waals surface area contributed by atoms with Crippen LogP contribution in [0.2, 0.25) is 5.02 Å². The van der Waals surface area contributed by atoms with Gasteiger partial charge in [-0.05, 0) is 30.3 Å². The number of rotatable bonds is 2. The molecular formula is C12H10ClNO2. The number of aromatic nitrogens is 1. The summed E-state index contributed by atoms with van der Waals surface area (Å²) in [5.41, 5.74) is 1.63. The molecule has 0 aliphatic heterocycles. The van der Waals surface area contributed by atoms with E-state index in [-0.39, 0.29) is 5.75 Å². The molecule has 1 aromatic heterocycles. The summed E-state index contributed by atoms with van der Waals surface area (Å²) < 4.78 is 5.06. The first kappa shape index (κ1) is 10.8. The van der Waals surface area contributed by atoms with Gasteiger partial charge in [0.2, 0.25) is 0 Å². The minimum absolute atomic E-state index is 0.142. The van der Waals surface area contributed by atoms with Gasteiger partial charge in [0.1, 0.15) is 11.5 Å². The quantitative estimate of drug-likeness (QED) is 0.870. The van der Waals surface area contributed by atoms with Crippen molar-refractivity contribution in [3.8, 4) is 22.8 Å². The van der Waals surface area contributed by atoms with Crippen molar-refractivity contribution >= 4 is 11.6 Å². The molecule has 1 aromatic carbocycles. The van der Waals surface area contributed by atoms with Crippen LogP contribution in [-0.4, -0.2) is 17.2 Å². The lowest BCUT2D eigenvalue weighted by molar-refractivity contribution is 0.415. The van der Waals surface area contributed by atoms with Gasteiger partial charge in [-0.15, -0.1) is 0 Å². The van der Waals surface area contributed by atoms with E-state index in [9.17, 15) is 0 Å². The number of pyridine rings is 1. The largest absolute Gasteiger partial charge is 0.506 e. The van der Waals surface area contributed by atoms with Gasteiger partial charge in [0.25, 0.3) is 0 Å². The Hall–Kier alpha value is -1.74. The first-order valence-electron chi connectivity index (χ1n) is 4.69. The highest BCUT2D eigenvalue weighted by atomic mass is 35.5. The molecule has 0 fully saturated rings. The molecule has 0 aliphatic carbocycles. The number of halogens is 1. The van der Waals surface area contributed by atoms with Gasteiger partial charge in [-0.25, -0.2) is 0 Å². The molecule has 0 amide bonds. The van der Waals surface area contributed by atoms with Gasteiger partial charge >= 0.3 is 0 Å². The molecule has 16 heavy (non-hydrogen) atoms. The van der Waals surface area contributed by atoms with E-state index in [1.165, 1.54) is 6.20 Å². The molecule has 0 atom stereocenters. The second-order valence-corrected chi connectivity index (χ2v) is 3.66. The second-order valence-electron chi connectivity index (χ2n) is 3.25. The van der Waals surface area contributed by atoms with Crippen LogP contribution in [0.3, 0.4) is 0 Å². The van der Waals surface area contributed by atoms with Gasteiger partial charge in [0, 0.05) is 5.56 Å². The molecule has 4 heteroatoms. The fourth-order valence-corrected chi connectivity index (χ4v) is 1.64. The van der Waals surface area contributed by atoms with Crippen molar-refractivity contribution in [1.29, 1.82) is 0 Å². The number of benzene rings is 1. The first-order chi connectivity index (χ1) is 7.70. The van der Waals surface area contributed by atoms with E-state index in [0.717, 1.165) is 11.3 Å². The first-order valence-corrected chi connectivity index (χ1v) is 5.07. The van der Waals surface area contributed by atoms with Gasteiger partial charge in [-0.3, -0.25) is 4.98 Å². The topological polar surface area (TPSA) is 42.4 Å². The van der Waals surface area contributed by atoms with Crippen molar-refractivity contribution < 1.29 is 9.84 Å². The molecule has 0 radical (unpaired) electrons. The Bertz CT molecular complexity index is 497. The molecular weight excluding hydrogens is 226 g/mol. The summed E-state index contributed by atoms with van der Waals surface area (Å²) in [4.78, 5) is 4.10. The summed E-state index contributed by atoms with van der Waals surface area (Å²) in [5, 5.41) is 9.67. The van der Waals surface area contributed by atoms with Crippen molar-refractivity contribution in [1.82, 2.24) is 4.98 Å². The minimum Gasteiger partial charge on any atom is -0.506 e. The SMILES string of the molecule is COc1ccc(-c2ccc(O)cn2)cc1Cl. The number of methoxy groups -OCH3 is 1. The van der Waals surface area contributed by atoms with Gasteiger partial charge in [0.15, 0.2) is 0 Å². The van der Waals surface area contributed by atoms with Crippen LogP contribution in [0.1, 0.15) is 0 Å². The third-order valence-electron chi connectivity index (χ3n) is 2.20. The van der Waals surface area contributed by atoms with Gasteiger partial charge in [-0.1, -0.05) is 11.6 Å². The lowest BCUT2D eigenvalue weighted by Gasteiger charge is -2.05. The highest BCUT2D eigenvalue weighted by Gasteiger charge is 2.04. The Balaban J connectivity index is 2.41. The van der Waals surface area contributed by atoms with Crippen molar-refractivity contribution in [2.24, 2.45) is 0 Å². The van der Waals surface area contributed by atoms with Crippen molar-refractivity contribution in [2.75, 3.05) is 7.11 Å². The summed E-state index contributed by atoms with van der Waals surface area (Å²) in [6, 6.07) is 8.74. The van der Waals surface area contributed by atoms with Gasteiger partial charge < -0.3 is 9.84 Å².